The zero-order valence-electron chi connectivity index (χ0n) is 20.4. The minimum Gasteiger partial charge on any atom is -0.497 e. The van der Waals surface area contributed by atoms with Crippen LogP contribution in [-0.2, 0) is 9.53 Å². The third kappa shape index (κ3) is 4.93. The summed E-state index contributed by atoms with van der Waals surface area (Å²) in [6, 6.07) is 14.2. The van der Waals surface area contributed by atoms with Crippen molar-refractivity contribution in [3.05, 3.63) is 90.6 Å². The summed E-state index contributed by atoms with van der Waals surface area (Å²) >= 11 is 1.29. The largest absolute Gasteiger partial charge is 0.497 e. The minimum absolute atomic E-state index is 0.0850. The van der Waals surface area contributed by atoms with E-state index in [0.29, 0.717) is 31.9 Å². The second kappa shape index (κ2) is 10.3. The maximum absolute atomic E-state index is 13.7. The Morgan fingerprint density at radius 1 is 1.17 bits per heavy atom. The highest BCUT2D eigenvalue weighted by Gasteiger charge is 2.35. The number of fused-ring (bicyclic) bond motifs is 1. The number of carbonyl (C=O) groups is 1. The van der Waals surface area contributed by atoms with Crippen LogP contribution in [0.4, 0.5) is 0 Å². The first-order valence-corrected chi connectivity index (χ1v) is 12.2. The van der Waals surface area contributed by atoms with E-state index in [4.69, 9.17) is 14.2 Å². The van der Waals surface area contributed by atoms with Crippen molar-refractivity contribution in [2.24, 2.45) is 4.99 Å². The first-order valence-electron chi connectivity index (χ1n) is 11.4. The lowest BCUT2D eigenvalue weighted by atomic mass is 9.95. The molecule has 0 amide bonds. The number of ether oxygens (including phenoxy) is 3. The summed E-state index contributed by atoms with van der Waals surface area (Å²) in [6.07, 6.45) is 1.73. The average molecular weight is 493 g/mol. The number of hydrogen-bond acceptors (Lipinski definition) is 7. The van der Waals surface area contributed by atoms with Crippen LogP contribution in [0.1, 0.15) is 44.9 Å². The van der Waals surface area contributed by atoms with E-state index in [1.807, 2.05) is 68.5 Å². The van der Waals surface area contributed by atoms with Gasteiger partial charge in [0.05, 0.1) is 35.6 Å². The molecule has 4 rings (SSSR count). The van der Waals surface area contributed by atoms with Crippen molar-refractivity contribution in [3.8, 4) is 11.5 Å². The van der Waals surface area contributed by atoms with E-state index in [2.05, 4.69) is 4.99 Å². The van der Waals surface area contributed by atoms with Crippen LogP contribution in [0.2, 0.25) is 0 Å². The molecule has 0 bridgehead atoms. The van der Waals surface area contributed by atoms with Crippen LogP contribution in [-0.4, -0.2) is 30.4 Å². The van der Waals surface area contributed by atoms with E-state index in [0.717, 1.165) is 11.3 Å². The van der Waals surface area contributed by atoms with Crippen molar-refractivity contribution in [1.82, 2.24) is 4.57 Å². The molecule has 0 saturated carbocycles. The Hall–Kier alpha value is -3.65. The summed E-state index contributed by atoms with van der Waals surface area (Å²) in [5.41, 5.74) is 2.18. The van der Waals surface area contributed by atoms with Gasteiger partial charge in [0.2, 0.25) is 0 Å². The number of nitrogens with zero attached hydrogens (tertiary/aromatic N) is 2. The number of methoxy groups -OCH3 is 1. The van der Waals surface area contributed by atoms with Crippen LogP contribution in [0, 0.1) is 0 Å². The van der Waals surface area contributed by atoms with Gasteiger partial charge >= 0.3 is 5.97 Å². The monoisotopic (exact) mass is 492 g/mol. The standard InChI is InChI=1S/C27H28N2O5S/c1-6-33-26(31)23-17(4)28-27-29(24(23)20-9-7-8-10-21(20)34-16(2)3)25(30)22(35-27)15-18-11-13-19(32-5)14-12-18/h7-16,24H,6H2,1-5H3. The lowest BCUT2D eigenvalue weighted by Gasteiger charge is -2.26. The van der Waals surface area contributed by atoms with Crippen LogP contribution >= 0.6 is 11.3 Å². The predicted molar refractivity (Wildman–Crippen MR) is 136 cm³/mol. The van der Waals surface area contributed by atoms with E-state index in [-0.39, 0.29) is 18.3 Å². The minimum atomic E-state index is -0.724. The lowest BCUT2D eigenvalue weighted by molar-refractivity contribution is -0.139. The fraction of sp³-hybridized carbons (Fsp3) is 0.296. The van der Waals surface area contributed by atoms with Crippen LogP contribution in [0.15, 0.2) is 69.6 Å². The second-order valence-electron chi connectivity index (χ2n) is 8.28. The van der Waals surface area contributed by atoms with Crippen molar-refractivity contribution in [3.63, 3.8) is 0 Å². The Balaban J connectivity index is 1.95. The summed E-state index contributed by atoms with van der Waals surface area (Å²) in [7, 11) is 1.61. The maximum atomic E-state index is 13.7. The van der Waals surface area contributed by atoms with E-state index in [9.17, 15) is 9.59 Å². The predicted octanol–water partition coefficient (Wildman–Crippen LogP) is 3.59. The van der Waals surface area contributed by atoms with Gasteiger partial charge in [-0.3, -0.25) is 9.36 Å². The SMILES string of the molecule is CCOC(=O)C1=C(C)N=c2sc(=Cc3ccc(OC)cc3)c(=O)n2C1c1ccccc1OC(C)C. The number of esters is 1. The van der Waals surface area contributed by atoms with Gasteiger partial charge < -0.3 is 14.2 Å². The molecular weight excluding hydrogens is 464 g/mol. The summed E-state index contributed by atoms with van der Waals surface area (Å²) in [4.78, 5) is 32.0. The molecular formula is C27H28N2O5S. The normalized spacial score (nSPS) is 15.6. The van der Waals surface area contributed by atoms with Crippen LogP contribution in [0.5, 0.6) is 11.5 Å². The molecule has 0 radical (unpaired) electrons. The van der Waals surface area contributed by atoms with Gasteiger partial charge in [0, 0.05) is 5.56 Å². The zero-order chi connectivity index (χ0) is 25.1. The number of carbonyl (C=O) groups excluding carboxylic acids is 1. The Morgan fingerprint density at radius 2 is 1.89 bits per heavy atom. The molecule has 0 fully saturated rings. The quantitative estimate of drug-likeness (QED) is 0.471. The highest BCUT2D eigenvalue weighted by Crippen LogP contribution is 2.36. The van der Waals surface area contributed by atoms with Gasteiger partial charge in [-0.05, 0) is 57.5 Å². The number of hydrogen-bond donors (Lipinski definition) is 0. The Bertz CT molecular complexity index is 1450. The van der Waals surface area contributed by atoms with E-state index in [1.165, 1.54) is 11.3 Å². The number of rotatable bonds is 7. The zero-order valence-corrected chi connectivity index (χ0v) is 21.2. The van der Waals surface area contributed by atoms with Crippen molar-refractivity contribution in [2.45, 2.75) is 39.8 Å². The number of benzene rings is 2. The van der Waals surface area contributed by atoms with Gasteiger partial charge in [-0.25, -0.2) is 9.79 Å². The molecule has 3 aromatic rings. The third-order valence-corrected chi connectivity index (χ3v) is 6.49. The molecule has 35 heavy (non-hydrogen) atoms. The summed E-state index contributed by atoms with van der Waals surface area (Å²) in [5.74, 6) is 0.844. The molecule has 1 aromatic heterocycles. The van der Waals surface area contributed by atoms with Gasteiger partial charge in [-0.15, -0.1) is 0 Å². The molecule has 8 heteroatoms. The summed E-state index contributed by atoms with van der Waals surface area (Å²) in [6.45, 7) is 7.61. The average Bonchev–Trinajstić information content (AvgIpc) is 3.13. The first kappa shape index (κ1) is 24.5. The van der Waals surface area contributed by atoms with Gasteiger partial charge in [0.15, 0.2) is 4.80 Å². The smallest absolute Gasteiger partial charge is 0.338 e. The maximum Gasteiger partial charge on any atom is 0.338 e. The fourth-order valence-electron chi connectivity index (χ4n) is 4.00. The molecule has 0 N–H and O–H groups in total. The molecule has 1 aliphatic rings. The molecule has 1 aliphatic heterocycles. The van der Waals surface area contributed by atoms with Gasteiger partial charge in [-0.2, -0.15) is 0 Å². The molecule has 1 unspecified atom stereocenters. The van der Waals surface area contributed by atoms with E-state index in [1.54, 1.807) is 25.5 Å². The number of para-hydroxylation sites is 1. The molecule has 182 valence electrons. The Labute approximate surface area is 207 Å². The van der Waals surface area contributed by atoms with E-state index < -0.39 is 12.0 Å². The molecule has 2 aromatic carbocycles. The number of aromatic nitrogens is 1. The van der Waals surface area contributed by atoms with E-state index >= 15 is 0 Å². The van der Waals surface area contributed by atoms with Gasteiger partial charge in [0.1, 0.15) is 17.5 Å². The summed E-state index contributed by atoms with van der Waals surface area (Å²) < 4.78 is 18.7. The topological polar surface area (TPSA) is 79.1 Å². The highest BCUT2D eigenvalue weighted by atomic mass is 32.1. The van der Waals surface area contributed by atoms with Crippen molar-refractivity contribution in [2.75, 3.05) is 13.7 Å². The lowest BCUT2D eigenvalue weighted by Crippen LogP contribution is -2.40. The Morgan fingerprint density at radius 3 is 2.54 bits per heavy atom. The fourth-order valence-corrected chi connectivity index (χ4v) is 5.05. The third-order valence-electron chi connectivity index (χ3n) is 5.51. The number of allylic oxidation sites excluding steroid dienone is 1. The molecule has 7 nitrogen and oxygen atoms in total. The molecule has 1 atom stereocenters. The van der Waals surface area contributed by atoms with Crippen molar-refractivity contribution >= 4 is 23.4 Å². The van der Waals surface area contributed by atoms with Crippen LogP contribution in [0.3, 0.4) is 0 Å². The van der Waals surface area contributed by atoms with Gasteiger partial charge in [0.25, 0.3) is 5.56 Å². The second-order valence-corrected chi connectivity index (χ2v) is 9.29. The van der Waals surface area contributed by atoms with Crippen molar-refractivity contribution < 1.29 is 19.0 Å². The highest BCUT2D eigenvalue weighted by molar-refractivity contribution is 7.07. The first-order chi connectivity index (χ1) is 16.8. The van der Waals surface area contributed by atoms with Crippen molar-refractivity contribution in [1.29, 1.82) is 0 Å². The molecule has 0 aliphatic carbocycles. The summed E-state index contributed by atoms with van der Waals surface area (Å²) in [5, 5.41) is 0. The molecule has 0 saturated heterocycles. The molecule has 2 heterocycles. The number of thiazole rings is 1. The van der Waals surface area contributed by atoms with Crippen LogP contribution < -0.4 is 24.4 Å². The van der Waals surface area contributed by atoms with Crippen LogP contribution in [0.25, 0.3) is 6.08 Å². The molecule has 0 spiro atoms. The van der Waals surface area contributed by atoms with Gasteiger partial charge in [-0.1, -0.05) is 41.7 Å². The Kier molecular flexibility index (Phi) is 7.21.